The van der Waals surface area contributed by atoms with Gasteiger partial charge in [0.15, 0.2) is 5.82 Å². The van der Waals surface area contributed by atoms with Gasteiger partial charge in [-0.05, 0) is 50.2 Å². The third-order valence-electron chi connectivity index (χ3n) is 3.49. The van der Waals surface area contributed by atoms with Gasteiger partial charge in [0.1, 0.15) is 17.4 Å². The van der Waals surface area contributed by atoms with Crippen LogP contribution in [0.5, 0.6) is 5.75 Å². The summed E-state index contributed by atoms with van der Waals surface area (Å²) < 4.78 is 5.45. The van der Waals surface area contributed by atoms with Crippen molar-refractivity contribution in [2.75, 3.05) is 17.7 Å². The van der Waals surface area contributed by atoms with E-state index >= 15 is 0 Å². The van der Waals surface area contributed by atoms with Crippen molar-refractivity contribution in [3.63, 3.8) is 0 Å². The van der Waals surface area contributed by atoms with Crippen LogP contribution in [0.2, 0.25) is 0 Å². The normalized spacial score (nSPS) is 10.4. The van der Waals surface area contributed by atoms with Crippen molar-refractivity contribution in [2.45, 2.75) is 13.8 Å². The monoisotopic (exact) mass is 320 g/mol. The summed E-state index contributed by atoms with van der Waals surface area (Å²) in [5.41, 5.74) is 8.98. The predicted octanol–water partition coefficient (Wildman–Crippen LogP) is 4.18. The highest BCUT2D eigenvalue weighted by Crippen LogP contribution is 2.23. The first-order chi connectivity index (χ1) is 11.6. The molecular formula is C19H20N4O. The average molecular weight is 320 g/mol. The van der Waals surface area contributed by atoms with Gasteiger partial charge >= 0.3 is 0 Å². The Kier molecular flexibility index (Phi) is 4.61. The molecule has 3 aromatic rings. The summed E-state index contributed by atoms with van der Waals surface area (Å²) in [7, 11) is 0. The Morgan fingerprint density at radius 1 is 1.00 bits per heavy atom. The van der Waals surface area contributed by atoms with Crippen LogP contribution in [0.25, 0.3) is 11.4 Å². The van der Waals surface area contributed by atoms with Gasteiger partial charge in [0.2, 0.25) is 0 Å². The van der Waals surface area contributed by atoms with Gasteiger partial charge in [0.05, 0.1) is 6.61 Å². The number of hydrogen-bond donors (Lipinski definition) is 2. The Labute approximate surface area is 141 Å². The van der Waals surface area contributed by atoms with E-state index in [1.54, 1.807) is 6.07 Å². The molecule has 0 fully saturated rings. The van der Waals surface area contributed by atoms with Gasteiger partial charge in [-0.1, -0.05) is 17.7 Å². The fraction of sp³-hybridized carbons (Fsp3) is 0.158. The number of aryl methyl sites for hydroxylation is 1. The molecule has 5 heteroatoms. The zero-order chi connectivity index (χ0) is 16.9. The van der Waals surface area contributed by atoms with Crippen molar-refractivity contribution in [2.24, 2.45) is 0 Å². The van der Waals surface area contributed by atoms with E-state index < -0.39 is 0 Å². The van der Waals surface area contributed by atoms with Crippen LogP contribution in [-0.4, -0.2) is 16.6 Å². The van der Waals surface area contributed by atoms with Crippen LogP contribution in [0.1, 0.15) is 12.5 Å². The van der Waals surface area contributed by atoms with Crippen molar-refractivity contribution < 1.29 is 4.74 Å². The van der Waals surface area contributed by atoms with Gasteiger partial charge in [0.25, 0.3) is 0 Å². The Hall–Kier alpha value is -3.08. The molecule has 0 aliphatic rings. The first kappa shape index (κ1) is 15.8. The van der Waals surface area contributed by atoms with Crippen LogP contribution >= 0.6 is 0 Å². The number of aromatic nitrogens is 2. The van der Waals surface area contributed by atoms with Crippen molar-refractivity contribution >= 4 is 17.3 Å². The second kappa shape index (κ2) is 7.00. The number of ether oxygens (including phenoxy) is 1. The topological polar surface area (TPSA) is 73.1 Å². The SMILES string of the molecule is CCOc1ccc(-c2nc(N)cc(Nc3ccc(C)cc3)n2)cc1. The van der Waals surface area contributed by atoms with Gasteiger partial charge < -0.3 is 15.8 Å². The molecule has 0 saturated carbocycles. The average Bonchev–Trinajstić information content (AvgIpc) is 2.57. The second-order valence-corrected chi connectivity index (χ2v) is 5.45. The summed E-state index contributed by atoms with van der Waals surface area (Å²) in [5.74, 6) is 2.48. The highest BCUT2D eigenvalue weighted by atomic mass is 16.5. The van der Waals surface area contributed by atoms with E-state index in [0.29, 0.717) is 24.1 Å². The number of nitrogen functional groups attached to an aromatic ring is 1. The van der Waals surface area contributed by atoms with Gasteiger partial charge in [0, 0.05) is 17.3 Å². The van der Waals surface area contributed by atoms with Gasteiger partial charge in [-0.15, -0.1) is 0 Å². The van der Waals surface area contributed by atoms with Crippen molar-refractivity contribution in [3.05, 3.63) is 60.2 Å². The zero-order valence-electron chi connectivity index (χ0n) is 13.8. The molecule has 1 aromatic heterocycles. The molecule has 5 nitrogen and oxygen atoms in total. The Balaban J connectivity index is 1.86. The smallest absolute Gasteiger partial charge is 0.163 e. The standard InChI is InChI=1S/C19H20N4O/c1-3-24-16-10-6-14(7-11-16)19-22-17(20)12-18(23-19)21-15-8-4-13(2)5-9-15/h4-12H,3H2,1-2H3,(H3,20,21,22,23). The maximum Gasteiger partial charge on any atom is 0.163 e. The number of hydrogen-bond acceptors (Lipinski definition) is 5. The van der Waals surface area contributed by atoms with E-state index in [1.165, 1.54) is 5.56 Å². The lowest BCUT2D eigenvalue weighted by atomic mass is 10.2. The molecule has 0 aliphatic carbocycles. The fourth-order valence-corrected chi connectivity index (χ4v) is 2.31. The van der Waals surface area contributed by atoms with Gasteiger partial charge in [-0.2, -0.15) is 0 Å². The minimum absolute atomic E-state index is 0.420. The first-order valence-electron chi connectivity index (χ1n) is 7.85. The fourth-order valence-electron chi connectivity index (χ4n) is 2.31. The number of nitrogens with two attached hydrogens (primary N) is 1. The van der Waals surface area contributed by atoms with Crippen LogP contribution in [0.4, 0.5) is 17.3 Å². The molecule has 122 valence electrons. The summed E-state index contributed by atoms with van der Waals surface area (Å²) in [6, 6.07) is 17.5. The van der Waals surface area contributed by atoms with E-state index in [4.69, 9.17) is 10.5 Å². The summed E-state index contributed by atoms with van der Waals surface area (Å²) in [6.45, 7) is 4.65. The quantitative estimate of drug-likeness (QED) is 0.738. The Morgan fingerprint density at radius 3 is 2.38 bits per heavy atom. The molecule has 0 spiro atoms. The number of rotatable bonds is 5. The summed E-state index contributed by atoms with van der Waals surface area (Å²) in [6.07, 6.45) is 0. The molecule has 0 unspecified atom stereocenters. The Bertz CT molecular complexity index is 814. The van der Waals surface area contributed by atoms with Crippen LogP contribution in [-0.2, 0) is 0 Å². The van der Waals surface area contributed by atoms with Gasteiger partial charge in [-0.3, -0.25) is 0 Å². The predicted molar refractivity (Wildman–Crippen MR) is 97.5 cm³/mol. The lowest BCUT2D eigenvalue weighted by molar-refractivity contribution is 0.340. The van der Waals surface area contributed by atoms with Crippen LogP contribution in [0.3, 0.4) is 0 Å². The van der Waals surface area contributed by atoms with Gasteiger partial charge in [-0.25, -0.2) is 9.97 Å². The van der Waals surface area contributed by atoms with E-state index in [-0.39, 0.29) is 0 Å². The molecule has 0 saturated heterocycles. The highest BCUT2D eigenvalue weighted by molar-refractivity contribution is 5.64. The minimum atomic E-state index is 0.420. The third-order valence-corrected chi connectivity index (χ3v) is 3.49. The maximum atomic E-state index is 5.94. The van der Waals surface area contributed by atoms with E-state index in [9.17, 15) is 0 Å². The van der Waals surface area contributed by atoms with Crippen molar-refractivity contribution in [1.82, 2.24) is 9.97 Å². The molecule has 0 atom stereocenters. The number of benzene rings is 2. The highest BCUT2D eigenvalue weighted by Gasteiger charge is 2.06. The zero-order valence-corrected chi connectivity index (χ0v) is 13.8. The summed E-state index contributed by atoms with van der Waals surface area (Å²) in [5, 5.41) is 3.26. The molecule has 3 rings (SSSR count). The molecule has 0 aliphatic heterocycles. The van der Waals surface area contributed by atoms with E-state index in [2.05, 4.69) is 22.2 Å². The maximum absolute atomic E-state index is 5.94. The largest absolute Gasteiger partial charge is 0.494 e. The van der Waals surface area contributed by atoms with Crippen LogP contribution < -0.4 is 15.8 Å². The summed E-state index contributed by atoms with van der Waals surface area (Å²) in [4.78, 5) is 8.88. The minimum Gasteiger partial charge on any atom is -0.494 e. The van der Waals surface area contributed by atoms with Crippen molar-refractivity contribution in [3.8, 4) is 17.1 Å². The summed E-state index contributed by atoms with van der Waals surface area (Å²) >= 11 is 0. The molecule has 2 aromatic carbocycles. The lowest BCUT2D eigenvalue weighted by Crippen LogP contribution is -2.01. The van der Waals surface area contributed by atoms with E-state index in [0.717, 1.165) is 17.0 Å². The third kappa shape index (κ3) is 3.81. The number of nitrogens with one attached hydrogen (secondary N) is 1. The molecular weight excluding hydrogens is 300 g/mol. The number of nitrogens with zero attached hydrogens (tertiary/aromatic N) is 2. The van der Waals surface area contributed by atoms with Crippen LogP contribution in [0.15, 0.2) is 54.6 Å². The molecule has 0 radical (unpaired) electrons. The molecule has 3 N–H and O–H groups in total. The molecule has 1 heterocycles. The van der Waals surface area contributed by atoms with Crippen molar-refractivity contribution in [1.29, 1.82) is 0 Å². The first-order valence-corrected chi connectivity index (χ1v) is 7.85. The molecule has 0 bridgehead atoms. The number of anilines is 3. The molecule has 0 amide bonds. The molecule has 24 heavy (non-hydrogen) atoms. The lowest BCUT2D eigenvalue weighted by Gasteiger charge is -2.09. The second-order valence-electron chi connectivity index (χ2n) is 5.45. The Morgan fingerprint density at radius 2 is 1.71 bits per heavy atom. The van der Waals surface area contributed by atoms with E-state index in [1.807, 2.05) is 55.5 Å². The van der Waals surface area contributed by atoms with Crippen LogP contribution in [0, 0.1) is 6.92 Å².